The Morgan fingerprint density at radius 3 is 1.98 bits per heavy atom. The highest BCUT2D eigenvalue weighted by Gasteiger charge is 2.20. The Morgan fingerprint density at radius 2 is 1.34 bits per heavy atom. The van der Waals surface area contributed by atoms with E-state index in [2.05, 4.69) is 40.5 Å². The van der Waals surface area contributed by atoms with Crippen LogP contribution in [0.3, 0.4) is 0 Å². The lowest BCUT2D eigenvalue weighted by Crippen LogP contribution is -2.29. The fraction of sp³-hybridized carbons (Fsp3) is 0.190. The van der Waals surface area contributed by atoms with Gasteiger partial charge < -0.3 is 19.5 Å². The first kappa shape index (κ1) is 34.4. The van der Waals surface area contributed by atoms with Crippen LogP contribution in [0.4, 0.5) is 0 Å². The van der Waals surface area contributed by atoms with Gasteiger partial charge in [-0.25, -0.2) is 4.98 Å². The smallest absolute Gasteiger partial charge is 0.271 e. The Balaban J connectivity index is 1.16. The summed E-state index contributed by atoms with van der Waals surface area (Å²) in [7, 11) is 3.29. The molecule has 5 aromatic carbocycles. The van der Waals surface area contributed by atoms with Gasteiger partial charge in [-0.3, -0.25) is 9.69 Å². The van der Waals surface area contributed by atoms with Crippen molar-refractivity contribution in [2.45, 2.75) is 32.2 Å². The summed E-state index contributed by atoms with van der Waals surface area (Å²) in [5.41, 5.74) is 5.88. The number of nitrogens with one attached hydrogen (secondary N) is 1. The van der Waals surface area contributed by atoms with Crippen molar-refractivity contribution in [2.24, 2.45) is 0 Å². The summed E-state index contributed by atoms with van der Waals surface area (Å²) in [5.74, 6) is 2.04. The molecule has 0 fully saturated rings. The number of nitrogens with zero attached hydrogens (tertiary/aromatic N) is 2. The van der Waals surface area contributed by atoms with Gasteiger partial charge in [0.1, 0.15) is 23.1 Å². The molecule has 0 aliphatic rings. The summed E-state index contributed by atoms with van der Waals surface area (Å²) in [6, 6.07) is 44.2. The normalized spacial score (nSPS) is 11.0. The number of thiazole rings is 1. The number of benzene rings is 5. The van der Waals surface area contributed by atoms with Crippen LogP contribution in [-0.2, 0) is 26.1 Å². The van der Waals surface area contributed by atoms with Gasteiger partial charge in [0, 0.05) is 18.5 Å². The van der Waals surface area contributed by atoms with Crippen molar-refractivity contribution in [3.05, 3.63) is 177 Å². The van der Waals surface area contributed by atoms with Crippen molar-refractivity contribution in [3.63, 3.8) is 0 Å². The van der Waals surface area contributed by atoms with Crippen LogP contribution in [-0.4, -0.2) is 36.6 Å². The lowest BCUT2D eigenvalue weighted by atomic mass is 9.98. The van der Waals surface area contributed by atoms with Gasteiger partial charge >= 0.3 is 0 Å². The molecule has 0 bridgehead atoms. The van der Waals surface area contributed by atoms with E-state index >= 15 is 0 Å². The number of methoxy groups -OCH3 is 2. The molecule has 6 rings (SSSR count). The summed E-state index contributed by atoms with van der Waals surface area (Å²) < 4.78 is 17.0. The molecular formula is C42H41N3O4S. The second-order valence-electron chi connectivity index (χ2n) is 11.9. The first-order valence-electron chi connectivity index (χ1n) is 16.6. The van der Waals surface area contributed by atoms with Crippen molar-refractivity contribution in [1.82, 2.24) is 15.2 Å². The molecule has 6 aromatic rings. The number of carbonyl (C=O) groups is 1. The summed E-state index contributed by atoms with van der Waals surface area (Å²) in [6.07, 6.45) is 0.799. The lowest BCUT2D eigenvalue weighted by Gasteiger charge is -2.22. The Kier molecular flexibility index (Phi) is 11.9. The monoisotopic (exact) mass is 683 g/mol. The van der Waals surface area contributed by atoms with Gasteiger partial charge in [0.05, 0.1) is 26.8 Å². The third kappa shape index (κ3) is 9.37. The Hall–Kier alpha value is -5.44. The molecule has 0 unspecified atom stereocenters. The predicted molar refractivity (Wildman–Crippen MR) is 199 cm³/mol. The third-order valence-electron chi connectivity index (χ3n) is 8.43. The minimum absolute atomic E-state index is 0.201. The number of ether oxygens (including phenoxy) is 3. The van der Waals surface area contributed by atoms with E-state index in [1.165, 1.54) is 11.3 Å². The van der Waals surface area contributed by atoms with Gasteiger partial charge in [0.2, 0.25) is 0 Å². The molecule has 50 heavy (non-hydrogen) atoms. The van der Waals surface area contributed by atoms with Crippen LogP contribution in [0.25, 0.3) is 0 Å². The van der Waals surface area contributed by atoms with Crippen LogP contribution in [0, 0.1) is 0 Å². The number of carbonyl (C=O) groups excluding carboxylic acids is 1. The molecule has 1 amide bonds. The van der Waals surface area contributed by atoms with E-state index in [0.29, 0.717) is 36.9 Å². The summed E-state index contributed by atoms with van der Waals surface area (Å²) in [6.45, 7) is 2.59. The van der Waals surface area contributed by atoms with Crippen molar-refractivity contribution in [2.75, 3.05) is 20.8 Å². The lowest BCUT2D eigenvalue weighted by molar-refractivity contribution is 0.0938. The Bertz CT molecular complexity index is 1890. The van der Waals surface area contributed by atoms with Gasteiger partial charge in [-0.2, -0.15) is 0 Å². The van der Waals surface area contributed by atoms with Gasteiger partial charge in [-0.1, -0.05) is 109 Å². The fourth-order valence-electron chi connectivity index (χ4n) is 5.76. The van der Waals surface area contributed by atoms with Gasteiger partial charge in [-0.15, -0.1) is 11.3 Å². The molecule has 0 saturated heterocycles. The number of hydrogen-bond acceptors (Lipinski definition) is 7. The molecule has 8 heteroatoms. The third-order valence-corrected chi connectivity index (χ3v) is 9.26. The highest BCUT2D eigenvalue weighted by molar-refractivity contribution is 7.09. The fourth-order valence-corrected chi connectivity index (χ4v) is 6.58. The highest BCUT2D eigenvalue weighted by atomic mass is 32.1. The van der Waals surface area contributed by atoms with Gasteiger partial charge in [0.15, 0.2) is 11.5 Å². The van der Waals surface area contributed by atoms with E-state index < -0.39 is 0 Å². The zero-order chi connectivity index (χ0) is 34.5. The molecular weight excluding hydrogens is 643 g/mol. The number of amides is 1. The maximum Gasteiger partial charge on any atom is 0.271 e. The SMILES string of the molecule is COc1ccc(CCN(Cc2ccc(OCc3ccccc3)cc2)Cc2nc(C(=O)NC(c3ccccc3)c3ccccc3)cs2)cc1OC. The second-order valence-corrected chi connectivity index (χ2v) is 12.9. The summed E-state index contributed by atoms with van der Waals surface area (Å²) >= 11 is 1.50. The van der Waals surface area contributed by atoms with Crippen LogP contribution in [0.5, 0.6) is 17.2 Å². The van der Waals surface area contributed by atoms with Crippen LogP contribution >= 0.6 is 11.3 Å². The van der Waals surface area contributed by atoms with E-state index in [-0.39, 0.29) is 11.9 Å². The summed E-state index contributed by atoms with van der Waals surface area (Å²) in [5, 5.41) is 5.95. The zero-order valence-corrected chi connectivity index (χ0v) is 29.1. The largest absolute Gasteiger partial charge is 0.493 e. The molecule has 0 atom stereocenters. The van der Waals surface area contributed by atoms with Crippen LogP contribution in [0.2, 0.25) is 0 Å². The van der Waals surface area contributed by atoms with E-state index in [1.54, 1.807) is 14.2 Å². The zero-order valence-electron chi connectivity index (χ0n) is 28.3. The maximum absolute atomic E-state index is 13.6. The van der Waals surface area contributed by atoms with Crippen molar-refractivity contribution >= 4 is 17.2 Å². The van der Waals surface area contributed by atoms with Gasteiger partial charge in [-0.05, 0) is 58.5 Å². The predicted octanol–water partition coefficient (Wildman–Crippen LogP) is 8.50. The molecule has 0 radical (unpaired) electrons. The molecule has 1 heterocycles. The molecule has 0 aliphatic carbocycles. The van der Waals surface area contributed by atoms with E-state index in [4.69, 9.17) is 19.2 Å². The topological polar surface area (TPSA) is 72.9 Å². The van der Waals surface area contributed by atoms with Crippen LogP contribution in [0.15, 0.2) is 139 Å². The van der Waals surface area contributed by atoms with Crippen molar-refractivity contribution < 1.29 is 19.0 Å². The van der Waals surface area contributed by atoms with E-state index in [0.717, 1.165) is 51.5 Å². The van der Waals surface area contributed by atoms with Crippen LogP contribution < -0.4 is 19.5 Å². The first-order chi connectivity index (χ1) is 24.6. The van der Waals surface area contributed by atoms with Crippen molar-refractivity contribution in [1.29, 1.82) is 0 Å². The number of rotatable bonds is 16. The Labute approximate surface area is 298 Å². The summed E-state index contributed by atoms with van der Waals surface area (Å²) in [4.78, 5) is 20.7. The molecule has 0 aliphatic heterocycles. The van der Waals surface area contributed by atoms with E-state index in [1.807, 2.05) is 109 Å². The molecule has 0 saturated carbocycles. The second kappa shape index (κ2) is 17.3. The average Bonchev–Trinajstić information content (AvgIpc) is 3.65. The standard InChI is InChI=1S/C42H41N3O4S/c1-47-38-23-20-31(26-39(38)48-2)24-25-45(27-32-18-21-36(22-19-32)49-29-33-12-6-3-7-13-33)28-40-43-37(30-50-40)42(46)44-41(34-14-8-4-9-15-34)35-16-10-5-11-17-35/h3-23,26,30,41H,24-25,27-29H2,1-2H3,(H,44,46). The minimum atomic E-state index is -0.285. The molecule has 1 aromatic heterocycles. The van der Waals surface area contributed by atoms with E-state index in [9.17, 15) is 4.79 Å². The first-order valence-corrected chi connectivity index (χ1v) is 17.5. The maximum atomic E-state index is 13.6. The van der Waals surface area contributed by atoms with Crippen molar-refractivity contribution in [3.8, 4) is 17.2 Å². The van der Waals surface area contributed by atoms with Gasteiger partial charge in [0.25, 0.3) is 5.91 Å². The Morgan fingerprint density at radius 1 is 0.720 bits per heavy atom. The average molecular weight is 684 g/mol. The number of aromatic nitrogens is 1. The quantitative estimate of drug-likeness (QED) is 0.110. The molecule has 1 N–H and O–H groups in total. The molecule has 7 nitrogen and oxygen atoms in total. The molecule has 0 spiro atoms. The minimum Gasteiger partial charge on any atom is -0.493 e. The highest BCUT2D eigenvalue weighted by Crippen LogP contribution is 2.28. The number of hydrogen-bond donors (Lipinski definition) is 1. The van der Waals surface area contributed by atoms with Crippen LogP contribution in [0.1, 0.15) is 49.4 Å². The molecule has 254 valence electrons.